The Labute approximate surface area is 161 Å². The largest absolute Gasteiger partial charge is 0.368 e. The summed E-state index contributed by atoms with van der Waals surface area (Å²) >= 11 is 5.98. The zero-order valence-corrected chi connectivity index (χ0v) is 15.8. The maximum atomic E-state index is 13.0. The van der Waals surface area contributed by atoms with Gasteiger partial charge in [-0.3, -0.25) is 5.10 Å². The first-order valence-corrected chi connectivity index (χ1v) is 10.2. The van der Waals surface area contributed by atoms with E-state index >= 15 is 0 Å². The van der Waals surface area contributed by atoms with Crippen LogP contribution in [0.1, 0.15) is 24.6 Å². The molecular weight excluding hydrogens is 388 g/mol. The third-order valence-corrected chi connectivity index (χ3v) is 6.72. The molecule has 0 bridgehead atoms. The average molecular weight is 405 g/mol. The van der Waals surface area contributed by atoms with Crippen LogP contribution in [-0.2, 0) is 10.0 Å². The van der Waals surface area contributed by atoms with Gasteiger partial charge in [0.05, 0.1) is 17.9 Å². The van der Waals surface area contributed by atoms with Gasteiger partial charge in [0.15, 0.2) is 0 Å². The van der Waals surface area contributed by atoms with Crippen molar-refractivity contribution in [2.45, 2.75) is 23.8 Å². The predicted molar refractivity (Wildman–Crippen MR) is 101 cm³/mol. The lowest BCUT2D eigenvalue weighted by Crippen LogP contribution is -2.31. The van der Waals surface area contributed by atoms with E-state index in [0.717, 1.165) is 17.5 Å². The molecule has 1 atom stereocenters. The number of nitrogens with two attached hydrogens (primary N) is 1. The molecule has 4 rings (SSSR count). The summed E-state index contributed by atoms with van der Waals surface area (Å²) in [6.07, 6.45) is 5.68. The zero-order valence-electron chi connectivity index (χ0n) is 14.2. The van der Waals surface area contributed by atoms with Gasteiger partial charge in [-0.2, -0.15) is 9.40 Å². The Balaban J connectivity index is 1.80. The number of hydrogen-bond acceptors (Lipinski definition) is 6. The van der Waals surface area contributed by atoms with Crippen LogP contribution in [0.15, 0.2) is 47.8 Å². The Morgan fingerprint density at radius 1 is 1.22 bits per heavy atom. The third kappa shape index (κ3) is 3.29. The number of nitrogens with one attached hydrogen (secondary N) is 1. The molecule has 8 nitrogen and oxygen atoms in total. The van der Waals surface area contributed by atoms with Gasteiger partial charge in [-0.15, -0.1) is 0 Å². The number of benzene rings is 1. The highest BCUT2D eigenvalue weighted by atomic mass is 35.5. The van der Waals surface area contributed by atoms with Crippen molar-refractivity contribution in [2.75, 3.05) is 12.3 Å². The van der Waals surface area contributed by atoms with E-state index in [9.17, 15) is 8.42 Å². The molecule has 1 saturated heterocycles. The SMILES string of the molecule is Nc1ncc(-c2ccc(Cl)cc2)c(C2CCCN2S(=O)(=O)c2cn[nH]c2)n1. The lowest BCUT2D eigenvalue weighted by Gasteiger charge is -2.24. The monoisotopic (exact) mass is 404 g/mol. The van der Waals surface area contributed by atoms with Gasteiger partial charge in [-0.25, -0.2) is 18.4 Å². The summed E-state index contributed by atoms with van der Waals surface area (Å²) in [6, 6.07) is 6.81. The van der Waals surface area contributed by atoms with Crippen molar-refractivity contribution in [2.24, 2.45) is 0 Å². The van der Waals surface area contributed by atoms with Gasteiger partial charge >= 0.3 is 0 Å². The molecule has 3 aromatic rings. The van der Waals surface area contributed by atoms with E-state index in [1.807, 2.05) is 12.1 Å². The summed E-state index contributed by atoms with van der Waals surface area (Å²) in [7, 11) is -3.69. The molecule has 10 heteroatoms. The number of H-pyrrole nitrogens is 1. The molecule has 0 amide bonds. The number of aromatic nitrogens is 4. The summed E-state index contributed by atoms with van der Waals surface area (Å²) in [5.74, 6) is 0.107. The molecule has 27 heavy (non-hydrogen) atoms. The van der Waals surface area contributed by atoms with Crippen LogP contribution in [0, 0.1) is 0 Å². The molecule has 140 valence electrons. The van der Waals surface area contributed by atoms with E-state index in [2.05, 4.69) is 20.2 Å². The molecule has 1 unspecified atom stereocenters. The second-order valence-corrected chi connectivity index (χ2v) is 8.57. The number of anilines is 1. The molecule has 1 aromatic carbocycles. The number of aromatic amines is 1. The normalized spacial score (nSPS) is 18.0. The van der Waals surface area contributed by atoms with E-state index in [0.29, 0.717) is 23.7 Å². The first-order valence-electron chi connectivity index (χ1n) is 8.36. The maximum absolute atomic E-state index is 13.0. The standard InChI is InChI=1S/C17H17ClN6O2S/c18-12-5-3-11(4-6-12)14-10-20-17(19)23-16(14)15-2-1-7-24(15)27(25,26)13-8-21-22-9-13/h3-6,8-10,15H,1-2,7H2,(H,21,22)(H2,19,20,23). The summed E-state index contributed by atoms with van der Waals surface area (Å²) in [5.41, 5.74) is 8.00. The van der Waals surface area contributed by atoms with Gasteiger partial charge in [0.1, 0.15) is 4.90 Å². The molecule has 1 fully saturated rings. The molecule has 2 aromatic heterocycles. The quantitative estimate of drug-likeness (QED) is 0.690. The molecule has 0 saturated carbocycles. The lowest BCUT2D eigenvalue weighted by atomic mass is 10.0. The third-order valence-electron chi connectivity index (χ3n) is 4.59. The Kier molecular flexibility index (Phi) is 4.58. The fourth-order valence-corrected chi connectivity index (χ4v) is 5.03. The van der Waals surface area contributed by atoms with Crippen LogP contribution in [0.4, 0.5) is 5.95 Å². The van der Waals surface area contributed by atoms with Gasteiger partial charge in [-0.1, -0.05) is 23.7 Å². The Morgan fingerprint density at radius 3 is 2.70 bits per heavy atom. The first kappa shape index (κ1) is 17.9. The van der Waals surface area contributed by atoms with Crippen LogP contribution in [-0.4, -0.2) is 39.4 Å². The van der Waals surface area contributed by atoms with Crippen LogP contribution in [0.25, 0.3) is 11.1 Å². The molecule has 0 aliphatic carbocycles. The average Bonchev–Trinajstić information content (AvgIpc) is 3.35. The van der Waals surface area contributed by atoms with Crippen molar-refractivity contribution in [3.63, 3.8) is 0 Å². The minimum absolute atomic E-state index is 0.107. The lowest BCUT2D eigenvalue weighted by molar-refractivity contribution is 0.391. The second kappa shape index (κ2) is 6.91. The topological polar surface area (TPSA) is 118 Å². The van der Waals surface area contributed by atoms with E-state index in [1.54, 1.807) is 18.3 Å². The fourth-order valence-electron chi connectivity index (χ4n) is 3.33. The number of sulfonamides is 1. The highest BCUT2D eigenvalue weighted by Gasteiger charge is 2.38. The minimum atomic E-state index is -3.69. The Bertz CT molecular complexity index is 1050. The molecule has 0 radical (unpaired) electrons. The van der Waals surface area contributed by atoms with Crippen LogP contribution < -0.4 is 5.73 Å². The molecule has 1 aliphatic rings. The van der Waals surface area contributed by atoms with Gasteiger partial charge in [0.2, 0.25) is 16.0 Å². The van der Waals surface area contributed by atoms with Crippen molar-refractivity contribution < 1.29 is 8.42 Å². The number of nitrogen functional groups attached to an aromatic ring is 1. The summed E-state index contributed by atoms with van der Waals surface area (Å²) in [5, 5.41) is 6.92. The summed E-state index contributed by atoms with van der Waals surface area (Å²) in [4.78, 5) is 8.63. The van der Waals surface area contributed by atoms with Crippen LogP contribution in [0.5, 0.6) is 0 Å². The Morgan fingerprint density at radius 2 is 2.00 bits per heavy atom. The van der Waals surface area contributed by atoms with Crippen molar-refractivity contribution in [3.8, 4) is 11.1 Å². The van der Waals surface area contributed by atoms with Crippen LogP contribution in [0.2, 0.25) is 5.02 Å². The second-order valence-electron chi connectivity index (χ2n) is 6.24. The van der Waals surface area contributed by atoms with Gasteiger partial charge in [0.25, 0.3) is 0 Å². The van der Waals surface area contributed by atoms with E-state index in [1.165, 1.54) is 16.7 Å². The van der Waals surface area contributed by atoms with Crippen LogP contribution in [0.3, 0.4) is 0 Å². The highest BCUT2D eigenvalue weighted by molar-refractivity contribution is 7.89. The minimum Gasteiger partial charge on any atom is -0.368 e. The Hall–Kier alpha value is -2.49. The molecular formula is C17H17ClN6O2S. The molecule has 3 N–H and O–H groups in total. The van der Waals surface area contributed by atoms with Crippen molar-refractivity contribution in [3.05, 3.63) is 53.6 Å². The summed E-state index contributed by atoms with van der Waals surface area (Å²) in [6.45, 7) is 0.405. The van der Waals surface area contributed by atoms with E-state index < -0.39 is 16.1 Å². The predicted octanol–water partition coefficient (Wildman–Crippen LogP) is 2.63. The van der Waals surface area contributed by atoms with Crippen molar-refractivity contribution in [1.82, 2.24) is 24.5 Å². The zero-order chi connectivity index (χ0) is 19.0. The van der Waals surface area contributed by atoms with E-state index in [4.69, 9.17) is 17.3 Å². The van der Waals surface area contributed by atoms with Crippen LogP contribution >= 0.6 is 11.6 Å². The maximum Gasteiger partial charge on any atom is 0.246 e. The number of halogens is 1. The number of nitrogens with zero attached hydrogens (tertiary/aromatic N) is 4. The fraction of sp³-hybridized carbons (Fsp3) is 0.235. The highest BCUT2D eigenvalue weighted by Crippen LogP contribution is 2.39. The van der Waals surface area contributed by atoms with Crippen molar-refractivity contribution in [1.29, 1.82) is 0 Å². The summed E-state index contributed by atoms with van der Waals surface area (Å²) < 4.78 is 27.5. The molecule has 1 aliphatic heterocycles. The first-order chi connectivity index (χ1) is 13.0. The van der Waals surface area contributed by atoms with Gasteiger partial charge in [-0.05, 0) is 30.5 Å². The van der Waals surface area contributed by atoms with Crippen molar-refractivity contribution >= 4 is 27.6 Å². The number of rotatable bonds is 4. The number of hydrogen-bond donors (Lipinski definition) is 2. The molecule has 3 heterocycles. The van der Waals surface area contributed by atoms with Gasteiger partial charge < -0.3 is 5.73 Å². The smallest absolute Gasteiger partial charge is 0.246 e. The van der Waals surface area contributed by atoms with Gasteiger partial charge in [0, 0.05) is 29.5 Å². The van der Waals surface area contributed by atoms with E-state index in [-0.39, 0.29) is 10.8 Å². The molecule has 0 spiro atoms.